The number of benzene rings is 1. The normalized spacial score (nSPS) is 22.7. The molecule has 0 aliphatic heterocycles. The van der Waals surface area contributed by atoms with Crippen LogP contribution in [0.3, 0.4) is 0 Å². The summed E-state index contributed by atoms with van der Waals surface area (Å²) in [5.41, 5.74) is 1.73. The van der Waals surface area contributed by atoms with Gasteiger partial charge in [0.1, 0.15) is 26.8 Å². The Morgan fingerprint density at radius 1 is 0.738 bits per heavy atom. The van der Waals surface area contributed by atoms with E-state index in [4.69, 9.17) is 14.5 Å². The summed E-state index contributed by atoms with van der Waals surface area (Å²) in [6.45, 7) is 5.33. The van der Waals surface area contributed by atoms with Crippen LogP contribution in [-0.4, -0.2) is 28.5 Å². The molecule has 42 heavy (non-hydrogen) atoms. The maximum absolute atomic E-state index is 13.2. The fraction of sp³-hybridized carbons (Fsp3) is 0.469. The van der Waals surface area contributed by atoms with Gasteiger partial charge in [0.05, 0.1) is 16.7 Å². The molecule has 0 unspecified atom stereocenters. The molecule has 10 heteroatoms. The van der Waals surface area contributed by atoms with E-state index in [1.54, 1.807) is 48.7 Å². The maximum atomic E-state index is 13.2. The minimum absolute atomic E-state index is 0.0254. The van der Waals surface area contributed by atoms with Crippen LogP contribution in [-0.2, 0) is 19.2 Å². The molecule has 220 valence electrons. The molecule has 0 N–H and O–H groups in total. The third-order valence-corrected chi connectivity index (χ3v) is 12.5. The first kappa shape index (κ1) is 29.1. The molecule has 2 aliphatic rings. The van der Waals surface area contributed by atoms with Gasteiger partial charge in [0.25, 0.3) is 0 Å². The molecule has 3 aromatic heterocycles. The Morgan fingerprint density at radius 3 is 1.81 bits per heavy atom. The highest BCUT2D eigenvalue weighted by molar-refractivity contribution is 7.31. The molecule has 2 aliphatic carbocycles. The predicted molar refractivity (Wildman–Crippen MR) is 167 cm³/mol. The van der Waals surface area contributed by atoms with Crippen LogP contribution in [0.15, 0.2) is 23.6 Å². The van der Waals surface area contributed by atoms with E-state index in [9.17, 15) is 19.2 Å². The van der Waals surface area contributed by atoms with Crippen LogP contribution in [0.4, 0.5) is 0 Å². The molecule has 0 amide bonds. The second kappa shape index (κ2) is 12.0. The van der Waals surface area contributed by atoms with Crippen molar-refractivity contribution in [2.24, 2.45) is 23.7 Å². The summed E-state index contributed by atoms with van der Waals surface area (Å²) in [5.74, 6) is 0.0466. The molecule has 0 spiro atoms. The number of aromatic nitrogens is 1. The number of thiazole rings is 1. The van der Waals surface area contributed by atoms with Crippen molar-refractivity contribution < 1.29 is 28.7 Å². The Hall–Kier alpha value is -2.95. The van der Waals surface area contributed by atoms with Gasteiger partial charge in [0, 0.05) is 21.2 Å². The van der Waals surface area contributed by atoms with Crippen LogP contribution < -0.4 is 9.47 Å². The maximum Gasteiger partial charge on any atom is 0.314 e. The first-order valence-corrected chi connectivity index (χ1v) is 17.0. The molecular weight excluding hydrogens is 591 g/mol. The smallest absolute Gasteiger partial charge is 0.314 e. The van der Waals surface area contributed by atoms with E-state index >= 15 is 0 Å². The van der Waals surface area contributed by atoms with Crippen molar-refractivity contribution in [3.05, 3.63) is 29.1 Å². The van der Waals surface area contributed by atoms with Crippen molar-refractivity contribution in [3.63, 3.8) is 0 Å². The van der Waals surface area contributed by atoms with Crippen molar-refractivity contribution in [3.8, 4) is 21.4 Å². The molecule has 0 radical (unpaired) electrons. The summed E-state index contributed by atoms with van der Waals surface area (Å²) in [5, 5.41) is 2.93. The second-order valence-electron chi connectivity index (χ2n) is 11.6. The molecule has 0 saturated heterocycles. The summed E-state index contributed by atoms with van der Waals surface area (Å²) in [6.07, 6.45) is 5.32. The average molecular weight is 624 g/mol. The van der Waals surface area contributed by atoms with E-state index < -0.39 is 0 Å². The van der Waals surface area contributed by atoms with Gasteiger partial charge in [-0.1, -0.05) is 0 Å². The third kappa shape index (κ3) is 5.81. The summed E-state index contributed by atoms with van der Waals surface area (Å²) >= 11 is 4.81. The van der Waals surface area contributed by atoms with Gasteiger partial charge in [-0.3, -0.25) is 19.2 Å². The Morgan fingerprint density at radius 2 is 1.26 bits per heavy atom. The Bertz CT molecular complexity index is 1600. The number of thiophene rings is 2. The lowest BCUT2D eigenvalue weighted by Crippen LogP contribution is -2.28. The first-order chi connectivity index (χ1) is 20.2. The molecule has 0 bridgehead atoms. The van der Waals surface area contributed by atoms with Crippen molar-refractivity contribution >= 4 is 77.1 Å². The van der Waals surface area contributed by atoms with Crippen molar-refractivity contribution in [2.45, 2.75) is 72.1 Å². The van der Waals surface area contributed by atoms with E-state index in [1.165, 1.54) is 26.3 Å². The summed E-state index contributed by atoms with van der Waals surface area (Å²) in [4.78, 5) is 55.9. The largest absolute Gasteiger partial charge is 0.425 e. The highest BCUT2D eigenvalue weighted by Gasteiger charge is 2.32. The SMILES string of the molecule is CC(=O)C1CCC(C(=O)Oc2ccc(OC(=O)C3CCC(C(C)=O)CC3)c3sc(-c4cc5scc(C)c5s4)nc23)CC1. The average Bonchev–Trinajstić information content (AvgIpc) is 3.70. The summed E-state index contributed by atoms with van der Waals surface area (Å²) < 4.78 is 15.0. The molecule has 6 rings (SSSR count). The number of ether oxygens (including phenoxy) is 2. The Balaban J connectivity index is 1.28. The van der Waals surface area contributed by atoms with E-state index in [1.807, 2.05) is 0 Å². The number of Topliss-reactive ketones (excluding diaryl/α,β-unsaturated/α-hetero) is 2. The monoisotopic (exact) mass is 623 g/mol. The molecule has 2 saturated carbocycles. The lowest BCUT2D eigenvalue weighted by molar-refractivity contribution is -0.141. The molecule has 2 fully saturated rings. The Kier molecular flexibility index (Phi) is 8.31. The van der Waals surface area contributed by atoms with Crippen molar-refractivity contribution in [2.75, 3.05) is 0 Å². The van der Waals surface area contributed by atoms with E-state index in [2.05, 4.69) is 18.4 Å². The highest BCUT2D eigenvalue weighted by Crippen LogP contribution is 2.45. The fourth-order valence-electron chi connectivity index (χ4n) is 6.13. The second-order valence-corrected chi connectivity index (χ2v) is 14.6. The standard InChI is InChI=1S/C32H33NO6S3/c1-16-15-40-25-14-26(41-28(16)25)30-33-27-23(38-31(36)21-8-4-19(5-9-21)17(2)34)12-13-24(29(27)42-30)39-32(37)22-10-6-20(7-11-22)18(3)35/h12-15,19-22H,4-11H2,1-3H3. The van der Waals surface area contributed by atoms with Gasteiger partial charge < -0.3 is 9.47 Å². The zero-order valence-corrected chi connectivity index (χ0v) is 26.3. The van der Waals surface area contributed by atoms with Crippen molar-refractivity contribution in [1.82, 2.24) is 4.98 Å². The number of hydrogen-bond donors (Lipinski definition) is 0. The highest BCUT2D eigenvalue weighted by atomic mass is 32.1. The minimum Gasteiger partial charge on any atom is -0.425 e. The van der Waals surface area contributed by atoms with Gasteiger partial charge in [-0.2, -0.15) is 0 Å². The molecular formula is C32H33NO6S3. The minimum atomic E-state index is -0.313. The number of nitrogens with zero attached hydrogens (tertiary/aromatic N) is 1. The number of ketones is 2. The quantitative estimate of drug-likeness (QED) is 0.151. The molecule has 1 aromatic carbocycles. The van der Waals surface area contributed by atoms with Gasteiger partial charge in [-0.25, -0.2) is 4.98 Å². The van der Waals surface area contributed by atoms with Crippen molar-refractivity contribution in [1.29, 1.82) is 0 Å². The van der Waals surface area contributed by atoms with Crippen LogP contribution in [0, 0.1) is 30.6 Å². The van der Waals surface area contributed by atoms with Crippen LogP contribution in [0.25, 0.3) is 29.5 Å². The van der Waals surface area contributed by atoms with Crippen LogP contribution in [0.5, 0.6) is 11.5 Å². The molecule has 7 nitrogen and oxygen atoms in total. The summed E-state index contributed by atoms with van der Waals surface area (Å²) in [7, 11) is 0. The number of aryl methyl sites for hydroxylation is 1. The molecule has 3 heterocycles. The fourth-order valence-corrected chi connectivity index (χ4v) is 9.53. The molecule has 0 atom stereocenters. The topological polar surface area (TPSA) is 99.6 Å². The van der Waals surface area contributed by atoms with E-state index in [0.29, 0.717) is 73.1 Å². The predicted octanol–water partition coefficient (Wildman–Crippen LogP) is 8.15. The van der Waals surface area contributed by atoms with Gasteiger partial charge in [0.15, 0.2) is 11.5 Å². The third-order valence-electron chi connectivity index (χ3n) is 8.79. The zero-order valence-electron chi connectivity index (χ0n) is 23.9. The lowest BCUT2D eigenvalue weighted by Gasteiger charge is -2.25. The number of hydrogen-bond acceptors (Lipinski definition) is 10. The van der Waals surface area contributed by atoms with Gasteiger partial charge in [-0.15, -0.1) is 34.0 Å². The van der Waals surface area contributed by atoms with Crippen LogP contribution in [0.2, 0.25) is 0 Å². The number of carbonyl (C=O) groups is 4. The van der Waals surface area contributed by atoms with E-state index in [0.717, 1.165) is 9.88 Å². The van der Waals surface area contributed by atoms with Crippen LogP contribution in [0.1, 0.15) is 70.8 Å². The van der Waals surface area contributed by atoms with Gasteiger partial charge in [0.2, 0.25) is 0 Å². The Labute approximate surface area is 256 Å². The lowest BCUT2D eigenvalue weighted by atomic mass is 9.80. The van der Waals surface area contributed by atoms with E-state index in [-0.39, 0.29) is 47.2 Å². The van der Waals surface area contributed by atoms with Crippen LogP contribution >= 0.6 is 34.0 Å². The first-order valence-electron chi connectivity index (χ1n) is 14.5. The molecule has 4 aromatic rings. The zero-order chi connectivity index (χ0) is 29.5. The number of rotatable bonds is 7. The number of carbonyl (C=O) groups excluding carboxylic acids is 4. The van der Waals surface area contributed by atoms with Gasteiger partial charge >= 0.3 is 11.9 Å². The summed E-state index contributed by atoms with van der Waals surface area (Å²) in [6, 6.07) is 5.49. The number of esters is 2. The van der Waals surface area contributed by atoms with Gasteiger partial charge in [-0.05, 0) is 101 Å². The number of fused-ring (bicyclic) bond motifs is 2.